The number of nitrogens with zero attached hydrogens (tertiary/aromatic N) is 5. The molecule has 14 heteroatoms. The lowest BCUT2D eigenvalue weighted by molar-refractivity contribution is -0.203. The smallest absolute Gasteiger partial charge is 0.327 e. The van der Waals surface area contributed by atoms with Crippen LogP contribution in [-0.4, -0.2) is 71.0 Å². The summed E-state index contributed by atoms with van der Waals surface area (Å²) in [4.78, 5) is 62.3. The molecule has 1 aromatic heterocycles. The van der Waals surface area contributed by atoms with Crippen LogP contribution >= 0.6 is 0 Å². The van der Waals surface area contributed by atoms with Crippen LogP contribution in [0.15, 0.2) is 51.6 Å². The van der Waals surface area contributed by atoms with Gasteiger partial charge in [-0.25, -0.2) is 9.59 Å². The van der Waals surface area contributed by atoms with Crippen LogP contribution in [0, 0.1) is 5.41 Å². The predicted molar refractivity (Wildman–Crippen MR) is 159 cm³/mol. The van der Waals surface area contributed by atoms with E-state index in [-0.39, 0.29) is 24.6 Å². The van der Waals surface area contributed by atoms with Crippen molar-refractivity contribution in [2.75, 3.05) is 42.7 Å². The molecule has 0 saturated carbocycles. The molecule has 0 spiro atoms. The van der Waals surface area contributed by atoms with E-state index in [9.17, 15) is 32.3 Å². The number of carbonyl (C=O) groups excluding carboxylic acids is 2. The molecule has 1 unspecified atom stereocenters. The molecule has 44 heavy (non-hydrogen) atoms. The third kappa shape index (κ3) is 7.07. The highest BCUT2D eigenvalue weighted by Gasteiger charge is 2.51. The number of anilines is 2. The van der Waals surface area contributed by atoms with Crippen LogP contribution < -0.4 is 26.5 Å². The van der Waals surface area contributed by atoms with Gasteiger partial charge in [-0.1, -0.05) is 62.8 Å². The standard InChI is InChI=1S/C30H39F3N6O5/c1-20(2)11-15-36-23-24(39(44-26(42)30(31,32)33)27(36)35-17-13-34-14-18-35)38(19-22(40)29(3,4)5)28(43)37(25(23)41)16-12-21-9-7-6-8-10-21/h6-11,27,34H,12-19H2,1-5H3. The Hall–Kier alpha value is -3.91. The number of benzene rings is 1. The van der Waals surface area contributed by atoms with Crippen LogP contribution in [0.4, 0.5) is 24.7 Å². The largest absolute Gasteiger partial charge is 0.493 e. The normalized spacial score (nSPS) is 17.4. The van der Waals surface area contributed by atoms with Gasteiger partial charge in [0.1, 0.15) is 0 Å². The Morgan fingerprint density at radius 2 is 1.66 bits per heavy atom. The fourth-order valence-corrected chi connectivity index (χ4v) is 5.06. The van der Waals surface area contributed by atoms with E-state index in [2.05, 4.69) is 5.32 Å². The summed E-state index contributed by atoms with van der Waals surface area (Å²) in [6, 6.07) is 9.19. The fourth-order valence-electron chi connectivity index (χ4n) is 5.06. The molecule has 0 bridgehead atoms. The van der Waals surface area contributed by atoms with E-state index in [1.165, 1.54) is 4.90 Å². The van der Waals surface area contributed by atoms with Crippen molar-refractivity contribution in [1.29, 1.82) is 0 Å². The summed E-state index contributed by atoms with van der Waals surface area (Å²) in [5.74, 6) is -3.28. The summed E-state index contributed by atoms with van der Waals surface area (Å²) < 4.78 is 42.8. The molecule has 0 aliphatic carbocycles. The third-order valence-corrected chi connectivity index (χ3v) is 7.55. The summed E-state index contributed by atoms with van der Waals surface area (Å²) in [5.41, 5.74) is -0.972. The first-order valence-electron chi connectivity index (χ1n) is 14.5. The molecule has 0 radical (unpaired) electrons. The van der Waals surface area contributed by atoms with Crippen molar-refractivity contribution in [1.82, 2.24) is 19.4 Å². The van der Waals surface area contributed by atoms with E-state index in [1.54, 1.807) is 31.7 Å². The Labute approximate surface area is 253 Å². The topological polar surface area (TPSA) is 109 Å². The summed E-state index contributed by atoms with van der Waals surface area (Å²) in [7, 11) is 0. The van der Waals surface area contributed by atoms with Gasteiger partial charge < -0.3 is 15.1 Å². The van der Waals surface area contributed by atoms with Crippen molar-refractivity contribution < 1.29 is 27.6 Å². The Morgan fingerprint density at radius 3 is 2.23 bits per heavy atom. The number of Topliss-reactive ketones (excluding diaryl/α,β-unsaturated/α-hetero) is 1. The molecule has 1 atom stereocenters. The molecular formula is C30H39F3N6O5. The van der Waals surface area contributed by atoms with Crippen LogP contribution in [0.25, 0.3) is 0 Å². The van der Waals surface area contributed by atoms with Crippen molar-refractivity contribution in [3.05, 3.63) is 68.4 Å². The number of ketones is 1. The highest BCUT2D eigenvalue weighted by molar-refractivity contribution is 5.85. The van der Waals surface area contributed by atoms with Gasteiger partial charge in [-0.05, 0) is 25.8 Å². The van der Waals surface area contributed by atoms with Crippen molar-refractivity contribution >= 4 is 23.3 Å². The SMILES string of the molecule is CC(C)=CCN1c2c(n(CC(=O)C(C)(C)C)c(=O)n(CCc3ccccc3)c2=O)N(OC(=O)C(F)(F)F)C1N1CCNCC1. The van der Waals surface area contributed by atoms with Crippen molar-refractivity contribution in [3.63, 3.8) is 0 Å². The number of hydrogen-bond donors (Lipinski definition) is 1. The number of nitrogens with one attached hydrogen (secondary N) is 1. The van der Waals surface area contributed by atoms with E-state index in [0.717, 1.165) is 20.3 Å². The number of allylic oxidation sites excluding steroid dienone is 1. The molecule has 240 valence electrons. The summed E-state index contributed by atoms with van der Waals surface area (Å²) in [6.07, 6.45) is -4.46. The van der Waals surface area contributed by atoms with Crippen LogP contribution in [0.2, 0.25) is 0 Å². The number of halogens is 3. The number of hydrogen-bond acceptors (Lipinski definition) is 9. The summed E-state index contributed by atoms with van der Waals surface area (Å²) >= 11 is 0. The van der Waals surface area contributed by atoms with Gasteiger partial charge in [-0.3, -0.25) is 23.6 Å². The maximum atomic E-state index is 14.2. The highest BCUT2D eigenvalue weighted by Crippen LogP contribution is 2.39. The van der Waals surface area contributed by atoms with E-state index in [1.807, 2.05) is 44.2 Å². The molecule has 4 rings (SSSR count). The van der Waals surface area contributed by atoms with Crippen molar-refractivity contribution in [2.24, 2.45) is 5.41 Å². The van der Waals surface area contributed by atoms with Gasteiger partial charge in [0.2, 0.25) is 0 Å². The molecule has 1 aromatic carbocycles. The van der Waals surface area contributed by atoms with Gasteiger partial charge in [0.15, 0.2) is 23.6 Å². The highest BCUT2D eigenvalue weighted by atomic mass is 19.4. The first-order valence-corrected chi connectivity index (χ1v) is 14.5. The van der Waals surface area contributed by atoms with Crippen LogP contribution in [0.3, 0.4) is 0 Å². The lowest BCUT2D eigenvalue weighted by atomic mass is 9.91. The van der Waals surface area contributed by atoms with E-state index in [0.29, 0.717) is 37.7 Å². The first-order chi connectivity index (χ1) is 20.6. The number of carbonyl (C=O) groups is 2. The maximum absolute atomic E-state index is 14.2. The Morgan fingerprint density at radius 1 is 1.02 bits per heavy atom. The summed E-state index contributed by atoms with van der Waals surface area (Å²) in [5, 5.41) is 3.87. The fraction of sp³-hybridized carbons (Fsp3) is 0.533. The van der Waals surface area contributed by atoms with Gasteiger partial charge in [-0.2, -0.15) is 13.2 Å². The van der Waals surface area contributed by atoms with Crippen molar-refractivity contribution in [2.45, 2.75) is 66.6 Å². The van der Waals surface area contributed by atoms with E-state index in [4.69, 9.17) is 4.84 Å². The molecular weight excluding hydrogens is 581 g/mol. The molecule has 3 heterocycles. The Kier molecular flexibility index (Phi) is 9.74. The zero-order valence-electron chi connectivity index (χ0n) is 25.6. The summed E-state index contributed by atoms with van der Waals surface area (Å²) in [6.45, 7) is 9.74. The van der Waals surface area contributed by atoms with E-state index >= 15 is 0 Å². The number of hydroxylamine groups is 1. The number of aromatic nitrogens is 2. The zero-order valence-corrected chi connectivity index (χ0v) is 25.6. The lowest BCUT2D eigenvalue weighted by Crippen LogP contribution is -2.61. The monoisotopic (exact) mass is 620 g/mol. The second kappa shape index (κ2) is 13.0. The van der Waals surface area contributed by atoms with E-state index < -0.39 is 47.4 Å². The van der Waals surface area contributed by atoms with Crippen LogP contribution in [-0.2, 0) is 33.9 Å². The predicted octanol–water partition coefficient (Wildman–Crippen LogP) is 2.67. The third-order valence-electron chi connectivity index (χ3n) is 7.55. The first kappa shape index (κ1) is 33.0. The van der Waals surface area contributed by atoms with Crippen molar-refractivity contribution in [3.8, 4) is 0 Å². The molecule has 1 N–H and O–H groups in total. The number of rotatable bonds is 9. The molecule has 2 aliphatic rings. The van der Waals surface area contributed by atoms with Gasteiger partial charge in [-0.15, -0.1) is 5.06 Å². The van der Waals surface area contributed by atoms with Gasteiger partial charge >= 0.3 is 17.8 Å². The lowest BCUT2D eigenvalue weighted by Gasteiger charge is -2.40. The van der Waals surface area contributed by atoms with Gasteiger partial charge in [0.25, 0.3) is 5.56 Å². The molecule has 11 nitrogen and oxygen atoms in total. The quantitative estimate of drug-likeness (QED) is 0.424. The van der Waals surface area contributed by atoms with Crippen LogP contribution in [0.1, 0.15) is 40.2 Å². The minimum Gasteiger partial charge on any atom is -0.327 e. The minimum atomic E-state index is -5.36. The average Bonchev–Trinajstić information content (AvgIpc) is 3.27. The maximum Gasteiger partial charge on any atom is 0.493 e. The Balaban J connectivity index is 2.00. The molecule has 2 aromatic rings. The molecule has 0 amide bonds. The van der Waals surface area contributed by atoms with Gasteiger partial charge in [0, 0.05) is 44.7 Å². The number of piperazine rings is 1. The minimum absolute atomic E-state index is 0.0458. The molecule has 2 aliphatic heterocycles. The second-order valence-electron chi connectivity index (χ2n) is 12.2. The van der Waals surface area contributed by atoms with Crippen LogP contribution in [0.5, 0.6) is 0 Å². The molecule has 1 saturated heterocycles. The van der Waals surface area contributed by atoms with Gasteiger partial charge in [0.05, 0.1) is 6.54 Å². The number of aryl methyl sites for hydroxylation is 1. The second-order valence-corrected chi connectivity index (χ2v) is 12.2. The molecule has 1 fully saturated rings. The Bertz CT molecular complexity index is 1520. The number of alkyl halides is 3. The average molecular weight is 621 g/mol. The number of fused-ring (bicyclic) bond motifs is 1. The zero-order chi connectivity index (χ0) is 32.4.